The summed E-state index contributed by atoms with van der Waals surface area (Å²) in [4.78, 5) is 0. The van der Waals surface area contributed by atoms with Crippen molar-refractivity contribution in [1.82, 2.24) is 0 Å². The van der Waals surface area contributed by atoms with Crippen LogP contribution in [0.1, 0.15) is 58.4 Å². The zero-order chi connectivity index (χ0) is 14.9. The normalized spacial score (nSPS) is 40.5. The molecule has 3 unspecified atom stereocenters. The summed E-state index contributed by atoms with van der Waals surface area (Å²) >= 11 is 0. The number of hydrogen-bond acceptors (Lipinski definition) is 2. The Morgan fingerprint density at radius 3 is 2.52 bits per heavy atom. The van der Waals surface area contributed by atoms with Crippen LogP contribution in [-0.2, 0) is 5.60 Å². The summed E-state index contributed by atoms with van der Waals surface area (Å²) in [6.45, 7) is 6.77. The highest BCUT2D eigenvalue weighted by atomic mass is 16.5. The fourth-order valence-electron chi connectivity index (χ4n) is 5.15. The minimum absolute atomic E-state index is 0.000624. The molecule has 0 spiro atoms. The van der Waals surface area contributed by atoms with Gasteiger partial charge >= 0.3 is 0 Å². The van der Waals surface area contributed by atoms with E-state index in [-0.39, 0.29) is 10.8 Å². The molecule has 1 N–H and O–H groups in total. The van der Waals surface area contributed by atoms with Gasteiger partial charge < -0.3 is 9.84 Å². The van der Waals surface area contributed by atoms with E-state index in [1.165, 1.54) is 19.3 Å². The molecule has 3 aliphatic carbocycles. The van der Waals surface area contributed by atoms with Crippen LogP contribution in [0.15, 0.2) is 24.3 Å². The van der Waals surface area contributed by atoms with Crippen molar-refractivity contribution in [3.63, 3.8) is 0 Å². The third-order valence-corrected chi connectivity index (χ3v) is 6.65. The number of rotatable bonds is 3. The van der Waals surface area contributed by atoms with Crippen LogP contribution < -0.4 is 4.74 Å². The summed E-state index contributed by atoms with van der Waals surface area (Å²) < 4.78 is 5.94. The highest BCUT2D eigenvalue weighted by Gasteiger charge is 2.68. The predicted molar refractivity (Wildman–Crippen MR) is 83.2 cm³/mol. The van der Waals surface area contributed by atoms with E-state index in [2.05, 4.69) is 32.9 Å². The average molecular weight is 286 g/mol. The van der Waals surface area contributed by atoms with Gasteiger partial charge in [0.2, 0.25) is 0 Å². The molecule has 0 aromatic heterocycles. The average Bonchev–Trinajstić information content (AvgIpc) is 3.13. The van der Waals surface area contributed by atoms with Gasteiger partial charge in [0.1, 0.15) is 11.4 Å². The summed E-state index contributed by atoms with van der Waals surface area (Å²) in [7, 11) is 0. The van der Waals surface area contributed by atoms with Crippen molar-refractivity contribution in [2.75, 3.05) is 0 Å². The summed E-state index contributed by atoms with van der Waals surface area (Å²) in [6.07, 6.45) is 6.26. The molecule has 2 nitrogen and oxygen atoms in total. The molecular weight excluding hydrogens is 260 g/mol. The van der Waals surface area contributed by atoms with Crippen molar-refractivity contribution in [3.05, 3.63) is 29.8 Å². The quantitative estimate of drug-likeness (QED) is 0.899. The SMILES string of the molecule is CC12CCC(C1)C(C)(C)C2(O)c1cccc(OC2CC2)c1. The van der Waals surface area contributed by atoms with Crippen LogP contribution in [0, 0.1) is 16.7 Å². The van der Waals surface area contributed by atoms with Crippen molar-refractivity contribution in [2.24, 2.45) is 16.7 Å². The molecule has 0 aliphatic heterocycles. The fourth-order valence-corrected chi connectivity index (χ4v) is 5.15. The molecule has 0 heterocycles. The van der Waals surface area contributed by atoms with E-state index in [9.17, 15) is 5.11 Å². The number of hydrogen-bond donors (Lipinski definition) is 1. The van der Waals surface area contributed by atoms with Crippen LogP contribution in [0.25, 0.3) is 0 Å². The van der Waals surface area contributed by atoms with Gasteiger partial charge in [-0.15, -0.1) is 0 Å². The Balaban J connectivity index is 1.77. The first-order valence-electron chi connectivity index (χ1n) is 8.36. The first kappa shape index (κ1) is 13.6. The summed E-state index contributed by atoms with van der Waals surface area (Å²) in [5, 5.41) is 11.8. The largest absolute Gasteiger partial charge is 0.490 e. The van der Waals surface area contributed by atoms with E-state index in [1.807, 2.05) is 12.1 Å². The Kier molecular flexibility index (Phi) is 2.62. The summed E-state index contributed by atoms with van der Waals surface area (Å²) in [5.74, 6) is 1.55. The zero-order valence-electron chi connectivity index (χ0n) is 13.4. The van der Waals surface area contributed by atoms with Gasteiger partial charge in [-0.1, -0.05) is 32.9 Å². The third-order valence-electron chi connectivity index (χ3n) is 6.65. The molecule has 3 saturated carbocycles. The fraction of sp³-hybridized carbons (Fsp3) is 0.684. The molecule has 1 aromatic carbocycles. The highest BCUT2D eigenvalue weighted by molar-refractivity contribution is 5.38. The Bertz CT molecular complexity index is 568. The monoisotopic (exact) mass is 286 g/mol. The molecule has 2 heteroatoms. The molecule has 3 atom stereocenters. The van der Waals surface area contributed by atoms with Gasteiger partial charge in [0, 0.05) is 10.8 Å². The van der Waals surface area contributed by atoms with Crippen LogP contribution >= 0.6 is 0 Å². The number of aliphatic hydroxyl groups is 1. The van der Waals surface area contributed by atoms with Crippen LogP contribution in [0.4, 0.5) is 0 Å². The lowest BCUT2D eigenvalue weighted by Gasteiger charge is -2.51. The topological polar surface area (TPSA) is 29.5 Å². The van der Waals surface area contributed by atoms with Gasteiger partial charge in [0.05, 0.1) is 6.10 Å². The predicted octanol–water partition coefficient (Wildman–Crippen LogP) is 4.26. The van der Waals surface area contributed by atoms with E-state index in [4.69, 9.17) is 4.74 Å². The molecule has 114 valence electrons. The molecule has 0 radical (unpaired) electrons. The zero-order valence-corrected chi connectivity index (χ0v) is 13.4. The first-order valence-corrected chi connectivity index (χ1v) is 8.36. The number of benzene rings is 1. The van der Waals surface area contributed by atoms with Crippen LogP contribution in [0.3, 0.4) is 0 Å². The third kappa shape index (κ3) is 1.69. The lowest BCUT2D eigenvalue weighted by molar-refractivity contribution is -0.150. The van der Waals surface area contributed by atoms with E-state index in [1.54, 1.807) is 0 Å². The number of fused-ring (bicyclic) bond motifs is 2. The maximum atomic E-state index is 11.8. The highest BCUT2D eigenvalue weighted by Crippen LogP contribution is 2.71. The van der Waals surface area contributed by atoms with E-state index < -0.39 is 5.60 Å². The second kappa shape index (κ2) is 4.04. The molecular formula is C19H26O2. The molecule has 0 amide bonds. The minimum Gasteiger partial charge on any atom is -0.490 e. The number of ether oxygens (including phenoxy) is 1. The van der Waals surface area contributed by atoms with E-state index >= 15 is 0 Å². The van der Waals surface area contributed by atoms with Crippen molar-refractivity contribution in [3.8, 4) is 5.75 Å². The molecule has 4 rings (SSSR count). The molecule has 3 aliphatic rings. The second-order valence-electron chi connectivity index (χ2n) is 8.28. The van der Waals surface area contributed by atoms with E-state index in [0.717, 1.165) is 24.2 Å². The first-order chi connectivity index (χ1) is 9.87. The molecule has 0 saturated heterocycles. The smallest absolute Gasteiger partial charge is 0.120 e. The molecule has 1 aromatic rings. The van der Waals surface area contributed by atoms with Gasteiger partial charge in [-0.3, -0.25) is 0 Å². The molecule has 2 bridgehead atoms. The van der Waals surface area contributed by atoms with Crippen LogP contribution in [0.5, 0.6) is 5.75 Å². The van der Waals surface area contributed by atoms with E-state index in [0.29, 0.717) is 12.0 Å². The minimum atomic E-state index is -0.744. The van der Waals surface area contributed by atoms with Crippen molar-refractivity contribution in [1.29, 1.82) is 0 Å². The summed E-state index contributed by atoms with van der Waals surface area (Å²) in [5.41, 5.74) is 0.235. The van der Waals surface area contributed by atoms with Crippen molar-refractivity contribution < 1.29 is 9.84 Å². The lowest BCUT2D eigenvalue weighted by Crippen LogP contribution is -2.51. The standard InChI is InChI=1S/C19H26O2/c1-17(2)14-9-10-18(3,12-14)19(17,20)13-5-4-6-16(11-13)21-15-7-8-15/h4-6,11,14-15,20H,7-10,12H2,1-3H3. The van der Waals surface area contributed by atoms with Gasteiger partial charge in [-0.2, -0.15) is 0 Å². The van der Waals surface area contributed by atoms with Gasteiger partial charge in [-0.25, -0.2) is 0 Å². The maximum Gasteiger partial charge on any atom is 0.120 e. The van der Waals surface area contributed by atoms with Crippen molar-refractivity contribution in [2.45, 2.75) is 64.6 Å². The Hall–Kier alpha value is -1.02. The molecule has 3 fully saturated rings. The Labute approximate surface area is 127 Å². The second-order valence-corrected chi connectivity index (χ2v) is 8.28. The van der Waals surface area contributed by atoms with Gasteiger partial charge in [0.15, 0.2) is 0 Å². The molecule has 21 heavy (non-hydrogen) atoms. The lowest BCUT2D eigenvalue weighted by atomic mass is 9.58. The Morgan fingerprint density at radius 2 is 1.90 bits per heavy atom. The van der Waals surface area contributed by atoms with Crippen molar-refractivity contribution >= 4 is 0 Å². The van der Waals surface area contributed by atoms with Gasteiger partial charge in [-0.05, 0) is 55.7 Å². The maximum absolute atomic E-state index is 11.8. The summed E-state index contributed by atoms with van der Waals surface area (Å²) in [6, 6.07) is 8.24. The van der Waals surface area contributed by atoms with Crippen LogP contribution in [0.2, 0.25) is 0 Å². The Morgan fingerprint density at radius 1 is 1.14 bits per heavy atom. The van der Waals surface area contributed by atoms with Gasteiger partial charge in [0.25, 0.3) is 0 Å². The van der Waals surface area contributed by atoms with Crippen LogP contribution in [-0.4, -0.2) is 11.2 Å².